The zero-order valence-electron chi connectivity index (χ0n) is 11.5. The molecular formula is C14H17N3O2S. The normalized spacial score (nSPS) is 11.9. The Morgan fingerprint density at radius 3 is 2.65 bits per heavy atom. The van der Waals surface area contributed by atoms with E-state index in [-0.39, 0.29) is 13.0 Å². The van der Waals surface area contributed by atoms with Crippen LogP contribution in [0.15, 0.2) is 18.2 Å². The minimum atomic E-state index is -3.69. The van der Waals surface area contributed by atoms with E-state index in [1.54, 1.807) is 38.1 Å². The topological polar surface area (TPSA) is 96.0 Å². The van der Waals surface area contributed by atoms with Gasteiger partial charge >= 0.3 is 0 Å². The van der Waals surface area contributed by atoms with Crippen molar-refractivity contribution in [2.75, 3.05) is 11.3 Å². The van der Waals surface area contributed by atoms with Crippen LogP contribution in [0.25, 0.3) is 0 Å². The van der Waals surface area contributed by atoms with E-state index >= 15 is 0 Å². The summed E-state index contributed by atoms with van der Waals surface area (Å²) < 4.78 is 26.4. The largest absolute Gasteiger partial charge is 0.320 e. The van der Waals surface area contributed by atoms with Gasteiger partial charge in [-0.05, 0) is 37.1 Å². The van der Waals surface area contributed by atoms with E-state index in [0.717, 1.165) is 11.1 Å². The number of aryl methyl sites for hydroxylation is 1. The maximum absolute atomic E-state index is 12.0. The van der Waals surface area contributed by atoms with Gasteiger partial charge < -0.3 is 5.73 Å². The second kappa shape index (κ2) is 6.95. The molecule has 1 atom stereocenters. The second-order valence-electron chi connectivity index (χ2n) is 4.21. The van der Waals surface area contributed by atoms with Crippen molar-refractivity contribution in [3.63, 3.8) is 0 Å². The van der Waals surface area contributed by atoms with E-state index < -0.39 is 15.3 Å². The highest BCUT2D eigenvalue weighted by atomic mass is 32.2. The van der Waals surface area contributed by atoms with Crippen LogP contribution in [0.4, 0.5) is 5.69 Å². The summed E-state index contributed by atoms with van der Waals surface area (Å²) in [4.78, 5) is 0. The van der Waals surface area contributed by atoms with E-state index in [0.29, 0.717) is 5.69 Å². The van der Waals surface area contributed by atoms with Crippen molar-refractivity contribution < 1.29 is 8.42 Å². The fourth-order valence-electron chi connectivity index (χ4n) is 1.61. The van der Waals surface area contributed by atoms with Crippen LogP contribution >= 0.6 is 0 Å². The van der Waals surface area contributed by atoms with Crippen molar-refractivity contribution in [3.05, 3.63) is 29.3 Å². The van der Waals surface area contributed by atoms with Gasteiger partial charge in [0.2, 0.25) is 10.0 Å². The van der Waals surface area contributed by atoms with Gasteiger partial charge in [-0.1, -0.05) is 18.8 Å². The lowest BCUT2D eigenvalue weighted by molar-refractivity contribution is 0.593. The molecule has 0 amide bonds. The Balaban J connectivity index is 3.03. The van der Waals surface area contributed by atoms with Crippen LogP contribution in [0.3, 0.4) is 0 Å². The molecule has 0 saturated heterocycles. The molecule has 0 aliphatic carbocycles. The Morgan fingerprint density at radius 1 is 1.45 bits per heavy atom. The number of anilines is 1. The predicted molar refractivity (Wildman–Crippen MR) is 79.3 cm³/mol. The van der Waals surface area contributed by atoms with E-state index in [9.17, 15) is 8.42 Å². The number of nitrogens with two attached hydrogens (primary N) is 1. The van der Waals surface area contributed by atoms with Crippen LogP contribution in [-0.4, -0.2) is 20.2 Å². The van der Waals surface area contributed by atoms with Crippen molar-refractivity contribution >= 4 is 15.7 Å². The SMILES string of the molecule is CCC(C#N)S(=O)(=O)Nc1ccc(C#CCN)cc1C. The summed E-state index contributed by atoms with van der Waals surface area (Å²) in [7, 11) is -3.69. The first-order chi connectivity index (χ1) is 9.44. The summed E-state index contributed by atoms with van der Waals surface area (Å²) in [6, 6.07) is 6.90. The van der Waals surface area contributed by atoms with Gasteiger partial charge in [0, 0.05) is 5.56 Å². The van der Waals surface area contributed by atoms with Gasteiger partial charge in [0.1, 0.15) is 0 Å². The molecule has 0 saturated carbocycles. The number of benzene rings is 1. The van der Waals surface area contributed by atoms with Crippen LogP contribution in [0.1, 0.15) is 24.5 Å². The fourth-order valence-corrected chi connectivity index (χ4v) is 2.87. The van der Waals surface area contributed by atoms with Crippen molar-refractivity contribution in [1.29, 1.82) is 5.26 Å². The van der Waals surface area contributed by atoms with Crippen LogP contribution in [0.5, 0.6) is 0 Å². The molecule has 20 heavy (non-hydrogen) atoms. The van der Waals surface area contributed by atoms with Crippen LogP contribution < -0.4 is 10.5 Å². The molecule has 0 aromatic heterocycles. The van der Waals surface area contributed by atoms with Gasteiger partial charge in [0.15, 0.2) is 5.25 Å². The molecule has 0 fully saturated rings. The molecule has 106 valence electrons. The first-order valence-corrected chi connectivity index (χ1v) is 7.70. The maximum Gasteiger partial charge on any atom is 0.249 e. The summed E-state index contributed by atoms with van der Waals surface area (Å²) in [6.45, 7) is 3.71. The Hall–Kier alpha value is -2.02. The number of nitrogens with one attached hydrogen (secondary N) is 1. The van der Waals surface area contributed by atoms with Gasteiger partial charge in [-0.25, -0.2) is 8.42 Å². The Bertz CT molecular complexity index is 679. The molecule has 1 aromatic carbocycles. The Labute approximate surface area is 119 Å². The molecule has 0 radical (unpaired) electrons. The third kappa shape index (κ3) is 3.99. The molecule has 0 spiro atoms. The molecule has 0 heterocycles. The fraction of sp³-hybridized carbons (Fsp3) is 0.357. The number of sulfonamides is 1. The summed E-state index contributed by atoms with van der Waals surface area (Å²) in [5, 5.41) is 7.79. The van der Waals surface area contributed by atoms with E-state index in [1.165, 1.54) is 0 Å². The van der Waals surface area contributed by atoms with Crippen LogP contribution in [0, 0.1) is 30.1 Å². The smallest absolute Gasteiger partial charge is 0.249 e. The first kappa shape index (κ1) is 16.0. The third-order valence-electron chi connectivity index (χ3n) is 2.70. The average molecular weight is 291 g/mol. The number of hydrogen-bond donors (Lipinski definition) is 2. The lowest BCUT2D eigenvalue weighted by Crippen LogP contribution is -2.26. The summed E-state index contributed by atoms with van der Waals surface area (Å²) in [5.74, 6) is 5.61. The molecule has 0 bridgehead atoms. The highest BCUT2D eigenvalue weighted by molar-refractivity contribution is 7.93. The molecule has 0 aliphatic rings. The van der Waals surface area contributed by atoms with Gasteiger partial charge in [-0.2, -0.15) is 5.26 Å². The molecule has 1 unspecified atom stereocenters. The van der Waals surface area contributed by atoms with Crippen molar-refractivity contribution in [1.82, 2.24) is 0 Å². The van der Waals surface area contributed by atoms with E-state index in [1.807, 2.05) is 0 Å². The molecule has 1 rings (SSSR count). The number of nitriles is 1. The zero-order valence-corrected chi connectivity index (χ0v) is 12.3. The van der Waals surface area contributed by atoms with E-state index in [4.69, 9.17) is 11.0 Å². The standard InChI is InChI=1S/C14H17N3O2S/c1-3-13(10-16)20(18,19)17-14-7-6-12(5-4-8-15)9-11(14)2/h6-7,9,13,17H,3,8,15H2,1-2H3. The van der Waals surface area contributed by atoms with E-state index in [2.05, 4.69) is 16.6 Å². The highest BCUT2D eigenvalue weighted by Crippen LogP contribution is 2.19. The van der Waals surface area contributed by atoms with Gasteiger partial charge in [-0.15, -0.1) is 0 Å². The minimum absolute atomic E-state index is 0.241. The lowest BCUT2D eigenvalue weighted by atomic mass is 10.1. The first-order valence-electron chi connectivity index (χ1n) is 6.15. The summed E-state index contributed by atoms with van der Waals surface area (Å²) >= 11 is 0. The molecule has 1 aromatic rings. The number of rotatable bonds is 4. The van der Waals surface area contributed by atoms with Crippen LogP contribution in [-0.2, 0) is 10.0 Å². The average Bonchev–Trinajstić information content (AvgIpc) is 2.40. The predicted octanol–water partition coefficient (Wildman–Crippen LogP) is 1.35. The van der Waals surface area contributed by atoms with Crippen molar-refractivity contribution in [3.8, 4) is 17.9 Å². The van der Waals surface area contributed by atoms with Gasteiger partial charge in [-0.3, -0.25) is 4.72 Å². The molecule has 6 heteroatoms. The summed E-state index contributed by atoms with van der Waals surface area (Å²) in [6.07, 6.45) is 0.241. The quantitative estimate of drug-likeness (QED) is 0.818. The third-order valence-corrected chi connectivity index (χ3v) is 4.40. The summed E-state index contributed by atoms with van der Waals surface area (Å²) in [5.41, 5.74) is 7.26. The zero-order chi connectivity index (χ0) is 15.2. The Morgan fingerprint density at radius 2 is 2.15 bits per heavy atom. The van der Waals surface area contributed by atoms with Crippen molar-refractivity contribution in [2.45, 2.75) is 25.5 Å². The number of hydrogen-bond acceptors (Lipinski definition) is 4. The Kier molecular flexibility index (Phi) is 5.57. The van der Waals surface area contributed by atoms with Gasteiger partial charge in [0.25, 0.3) is 0 Å². The van der Waals surface area contributed by atoms with Crippen molar-refractivity contribution in [2.24, 2.45) is 5.73 Å². The molecule has 0 aliphatic heterocycles. The lowest BCUT2D eigenvalue weighted by Gasteiger charge is -2.13. The second-order valence-corrected chi connectivity index (χ2v) is 6.07. The van der Waals surface area contributed by atoms with Gasteiger partial charge in [0.05, 0.1) is 18.3 Å². The number of nitrogens with zero attached hydrogens (tertiary/aromatic N) is 1. The maximum atomic E-state index is 12.0. The van der Waals surface area contributed by atoms with Crippen LogP contribution in [0.2, 0.25) is 0 Å². The highest BCUT2D eigenvalue weighted by Gasteiger charge is 2.23. The molecule has 3 N–H and O–H groups in total. The minimum Gasteiger partial charge on any atom is -0.320 e. The molecule has 5 nitrogen and oxygen atoms in total. The molecular weight excluding hydrogens is 274 g/mol. The monoisotopic (exact) mass is 291 g/mol.